The molecule has 1 aliphatic rings. The number of carbonyl (C=O) groups is 1. The first-order chi connectivity index (χ1) is 7.22. The van der Waals surface area contributed by atoms with Crippen LogP contribution in [0.2, 0.25) is 0 Å². The summed E-state index contributed by atoms with van der Waals surface area (Å²) >= 11 is 0. The topological polar surface area (TPSA) is 30.0 Å². The van der Waals surface area contributed by atoms with Crippen molar-refractivity contribution in [1.29, 1.82) is 0 Å². The monoisotopic (exact) mass is 207 g/mol. The van der Waals surface area contributed by atoms with Crippen LogP contribution in [0.15, 0.2) is 6.07 Å². The van der Waals surface area contributed by atoms with Crippen LogP contribution in [0, 0.1) is 6.92 Å². The van der Waals surface area contributed by atoms with E-state index in [4.69, 9.17) is 0 Å². The minimum Gasteiger partial charge on any atom is -0.292 e. The third-order valence-corrected chi connectivity index (χ3v) is 2.83. The molecule has 0 amide bonds. The molecule has 0 radical (unpaired) electrons. The van der Waals surface area contributed by atoms with Crippen LogP contribution in [-0.2, 0) is 13.1 Å². The number of pyridine rings is 1. The Balaban J connectivity index is 2.58. The zero-order chi connectivity index (χ0) is 10.8. The number of hydrogen-bond donors (Lipinski definition) is 0. The van der Waals surface area contributed by atoms with Crippen molar-refractivity contribution in [3.63, 3.8) is 0 Å². The van der Waals surface area contributed by atoms with Gasteiger partial charge in [0.15, 0.2) is 5.78 Å². The molecule has 0 saturated heterocycles. The van der Waals surface area contributed by atoms with Gasteiger partial charge in [-0.15, -0.1) is 0 Å². The van der Waals surface area contributed by atoms with Gasteiger partial charge < -0.3 is 0 Å². The van der Waals surface area contributed by atoms with E-state index in [-0.39, 0.29) is 5.78 Å². The summed E-state index contributed by atoms with van der Waals surface area (Å²) in [7, 11) is 0. The molecule has 1 heterocycles. The number of halogens is 1. The SMILES string of the molecule is Cc1cc(CF)c2c(n1)C(=O)CCCC2. The van der Waals surface area contributed by atoms with E-state index in [0.29, 0.717) is 17.7 Å². The van der Waals surface area contributed by atoms with Crippen molar-refractivity contribution in [3.05, 3.63) is 28.6 Å². The predicted molar refractivity (Wildman–Crippen MR) is 55.7 cm³/mol. The Labute approximate surface area is 88.5 Å². The fourth-order valence-electron chi connectivity index (χ4n) is 2.10. The minimum atomic E-state index is -0.501. The van der Waals surface area contributed by atoms with Crippen molar-refractivity contribution in [3.8, 4) is 0 Å². The normalized spacial score (nSPS) is 16.0. The highest BCUT2D eigenvalue weighted by Gasteiger charge is 2.20. The molecule has 0 bridgehead atoms. The molecule has 1 aliphatic carbocycles. The quantitative estimate of drug-likeness (QED) is 0.663. The lowest BCUT2D eigenvalue weighted by Gasteiger charge is -2.09. The lowest BCUT2D eigenvalue weighted by atomic mass is 10.0. The van der Waals surface area contributed by atoms with Crippen LogP contribution < -0.4 is 0 Å². The maximum Gasteiger partial charge on any atom is 0.181 e. The average molecular weight is 207 g/mol. The van der Waals surface area contributed by atoms with Gasteiger partial charge in [-0.25, -0.2) is 9.37 Å². The Kier molecular flexibility index (Phi) is 2.80. The van der Waals surface area contributed by atoms with Gasteiger partial charge in [-0.05, 0) is 43.4 Å². The molecular weight excluding hydrogens is 193 g/mol. The van der Waals surface area contributed by atoms with Crippen LogP contribution in [0.4, 0.5) is 4.39 Å². The van der Waals surface area contributed by atoms with Gasteiger partial charge in [-0.2, -0.15) is 0 Å². The average Bonchev–Trinajstić information content (AvgIpc) is 2.40. The van der Waals surface area contributed by atoms with Gasteiger partial charge in [0.25, 0.3) is 0 Å². The number of rotatable bonds is 1. The van der Waals surface area contributed by atoms with E-state index in [1.165, 1.54) is 0 Å². The summed E-state index contributed by atoms with van der Waals surface area (Å²) in [5, 5.41) is 0. The Morgan fingerprint density at radius 3 is 2.87 bits per heavy atom. The van der Waals surface area contributed by atoms with Crippen molar-refractivity contribution in [2.45, 2.75) is 39.3 Å². The van der Waals surface area contributed by atoms with Crippen molar-refractivity contribution in [2.75, 3.05) is 0 Å². The fraction of sp³-hybridized carbons (Fsp3) is 0.500. The molecule has 1 aromatic rings. The van der Waals surface area contributed by atoms with E-state index in [1.54, 1.807) is 13.0 Å². The van der Waals surface area contributed by atoms with Crippen molar-refractivity contribution in [2.24, 2.45) is 0 Å². The molecule has 0 saturated carbocycles. The fourth-order valence-corrected chi connectivity index (χ4v) is 2.10. The molecule has 0 N–H and O–H groups in total. The molecule has 2 rings (SSSR count). The lowest BCUT2D eigenvalue weighted by molar-refractivity contribution is 0.0977. The summed E-state index contributed by atoms with van der Waals surface area (Å²) in [5.41, 5.74) is 2.73. The second-order valence-corrected chi connectivity index (χ2v) is 4.01. The van der Waals surface area contributed by atoms with E-state index in [1.807, 2.05) is 0 Å². The number of nitrogens with zero attached hydrogens (tertiary/aromatic N) is 1. The van der Waals surface area contributed by atoms with Crippen LogP contribution in [-0.4, -0.2) is 10.8 Å². The van der Waals surface area contributed by atoms with Gasteiger partial charge in [0.2, 0.25) is 0 Å². The van der Waals surface area contributed by atoms with E-state index in [2.05, 4.69) is 4.98 Å². The number of carbonyl (C=O) groups excluding carboxylic acids is 1. The van der Waals surface area contributed by atoms with Gasteiger partial charge in [-0.3, -0.25) is 4.79 Å². The number of Topliss-reactive ketones (excluding diaryl/α,β-unsaturated/α-hetero) is 1. The molecule has 15 heavy (non-hydrogen) atoms. The van der Waals surface area contributed by atoms with Gasteiger partial charge in [-0.1, -0.05) is 0 Å². The molecule has 0 aromatic carbocycles. The summed E-state index contributed by atoms with van der Waals surface area (Å²) < 4.78 is 12.8. The highest BCUT2D eigenvalue weighted by molar-refractivity contribution is 5.96. The summed E-state index contributed by atoms with van der Waals surface area (Å²) in [6.07, 6.45) is 3.18. The lowest BCUT2D eigenvalue weighted by Crippen LogP contribution is -2.07. The largest absolute Gasteiger partial charge is 0.292 e. The zero-order valence-corrected chi connectivity index (χ0v) is 8.85. The molecule has 0 atom stereocenters. The Morgan fingerprint density at radius 1 is 1.40 bits per heavy atom. The summed E-state index contributed by atoms with van der Waals surface area (Å²) in [6.45, 7) is 1.30. The number of aromatic nitrogens is 1. The van der Waals surface area contributed by atoms with E-state index in [0.717, 1.165) is 30.5 Å². The number of ketones is 1. The molecule has 2 nitrogen and oxygen atoms in total. The van der Waals surface area contributed by atoms with E-state index < -0.39 is 6.67 Å². The van der Waals surface area contributed by atoms with Gasteiger partial charge in [0.1, 0.15) is 12.4 Å². The molecule has 0 aliphatic heterocycles. The molecule has 80 valence electrons. The van der Waals surface area contributed by atoms with Crippen LogP contribution >= 0.6 is 0 Å². The number of alkyl halides is 1. The van der Waals surface area contributed by atoms with Crippen molar-refractivity contribution < 1.29 is 9.18 Å². The highest BCUT2D eigenvalue weighted by Crippen LogP contribution is 2.23. The molecule has 0 spiro atoms. The van der Waals surface area contributed by atoms with Crippen molar-refractivity contribution >= 4 is 5.78 Å². The second kappa shape index (κ2) is 4.09. The Hall–Kier alpha value is -1.25. The maximum atomic E-state index is 12.8. The zero-order valence-electron chi connectivity index (χ0n) is 8.85. The van der Waals surface area contributed by atoms with Crippen LogP contribution in [0.3, 0.4) is 0 Å². The van der Waals surface area contributed by atoms with E-state index >= 15 is 0 Å². The van der Waals surface area contributed by atoms with E-state index in [9.17, 15) is 9.18 Å². The first-order valence-electron chi connectivity index (χ1n) is 5.31. The Bertz CT molecular complexity index is 401. The number of aryl methyl sites for hydroxylation is 1. The van der Waals surface area contributed by atoms with Crippen LogP contribution in [0.25, 0.3) is 0 Å². The van der Waals surface area contributed by atoms with Crippen molar-refractivity contribution in [1.82, 2.24) is 4.98 Å². The maximum absolute atomic E-state index is 12.8. The summed E-state index contributed by atoms with van der Waals surface area (Å²) in [5.74, 6) is 0.0703. The molecule has 0 unspecified atom stereocenters. The number of hydrogen-bond acceptors (Lipinski definition) is 2. The smallest absolute Gasteiger partial charge is 0.181 e. The summed E-state index contributed by atoms with van der Waals surface area (Å²) in [6, 6.07) is 1.75. The standard InChI is InChI=1S/C12H14FNO/c1-8-6-9(7-13)10-4-2-3-5-11(15)12(10)14-8/h6H,2-5,7H2,1H3. The van der Waals surface area contributed by atoms with Gasteiger partial charge in [0, 0.05) is 12.1 Å². The third kappa shape index (κ3) is 1.91. The third-order valence-electron chi connectivity index (χ3n) is 2.83. The second-order valence-electron chi connectivity index (χ2n) is 4.01. The van der Waals surface area contributed by atoms with Gasteiger partial charge >= 0.3 is 0 Å². The number of fused-ring (bicyclic) bond motifs is 1. The molecular formula is C12H14FNO. The first kappa shape index (κ1) is 10.3. The molecule has 0 fully saturated rings. The highest BCUT2D eigenvalue weighted by atomic mass is 19.1. The molecule has 1 aromatic heterocycles. The minimum absolute atomic E-state index is 0.0703. The molecule has 3 heteroatoms. The Morgan fingerprint density at radius 2 is 2.13 bits per heavy atom. The summed E-state index contributed by atoms with van der Waals surface area (Å²) in [4.78, 5) is 16.0. The predicted octanol–water partition coefficient (Wildman–Crippen LogP) is 2.77. The van der Waals surface area contributed by atoms with Crippen LogP contribution in [0.5, 0.6) is 0 Å². The first-order valence-corrected chi connectivity index (χ1v) is 5.31. The van der Waals surface area contributed by atoms with Gasteiger partial charge in [0.05, 0.1) is 0 Å². The van der Waals surface area contributed by atoms with Crippen LogP contribution in [0.1, 0.15) is 46.6 Å².